The Bertz CT molecular complexity index is 839. The second kappa shape index (κ2) is 6.31. The van der Waals surface area contributed by atoms with Crippen LogP contribution in [0, 0.1) is 18.8 Å². The number of amides is 1. The predicted molar refractivity (Wildman–Crippen MR) is 88.8 cm³/mol. The molecule has 3 rings (SSSR count). The number of aromatic nitrogens is 1. The topological polar surface area (TPSA) is 88.4 Å². The number of rotatable bonds is 5. The van der Waals surface area contributed by atoms with E-state index >= 15 is 0 Å². The van der Waals surface area contributed by atoms with Gasteiger partial charge in [-0.3, -0.25) is 14.4 Å². The van der Waals surface area contributed by atoms with Gasteiger partial charge in [-0.15, -0.1) is 0 Å². The molecule has 1 aromatic heterocycles. The Hall–Kier alpha value is -2.89. The number of nitrogens with zero attached hydrogens (tertiary/aromatic N) is 1. The number of hydrogen-bond acceptors (Lipinski definition) is 3. The highest BCUT2D eigenvalue weighted by Gasteiger charge is 2.48. The largest absolute Gasteiger partial charge is 0.481 e. The van der Waals surface area contributed by atoms with E-state index in [-0.39, 0.29) is 11.2 Å². The molecule has 2 atom stereocenters. The lowest BCUT2D eigenvalue weighted by molar-refractivity contribution is -0.139. The van der Waals surface area contributed by atoms with E-state index in [1.807, 2.05) is 31.2 Å². The quantitative estimate of drug-likeness (QED) is 0.878. The van der Waals surface area contributed by atoms with Crippen molar-refractivity contribution in [2.24, 2.45) is 11.8 Å². The summed E-state index contributed by atoms with van der Waals surface area (Å²) in [6, 6.07) is 11.1. The molecule has 6 nitrogen and oxygen atoms in total. The van der Waals surface area contributed by atoms with Crippen LogP contribution in [-0.2, 0) is 16.1 Å². The third-order valence-corrected chi connectivity index (χ3v) is 4.20. The van der Waals surface area contributed by atoms with Gasteiger partial charge in [0.2, 0.25) is 5.91 Å². The lowest BCUT2D eigenvalue weighted by Gasteiger charge is -2.09. The molecule has 124 valence electrons. The Morgan fingerprint density at radius 3 is 2.54 bits per heavy atom. The van der Waals surface area contributed by atoms with E-state index in [4.69, 9.17) is 5.11 Å². The van der Waals surface area contributed by atoms with Gasteiger partial charge in [-0.1, -0.05) is 29.8 Å². The first-order valence-electron chi connectivity index (χ1n) is 7.74. The van der Waals surface area contributed by atoms with Crippen molar-refractivity contribution in [3.63, 3.8) is 0 Å². The summed E-state index contributed by atoms with van der Waals surface area (Å²) in [6.07, 6.45) is 1.99. The minimum absolute atomic E-state index is 0.172. The molecule has 1 aliphatic rings. The van der Waals surface area contributed by atoms with Crippen molar-refractivity contribution in [2.45, 2.75) is 19.9 Å². The molecule has 1 heterocycles. The molecular weight excluding hydrogens is 308 g/mol. The minimum Gasteiger partial charge on any atom is -0.481 e. The molecule has 24 heavy (non-hydrogen) atoms. The summed E-state index contributed by atoms with van der Waals surface area (Å²) in [5.41, 5.74) is 1.99. The van der Waals surface area contributed by atoms with E-state index in [9.17, 15) is 14.4 Å². The Kier molecular flexibility index (Phi) is 4.20. The molecule has 0 aliphatic heterocycles. The number of carboxylic acid groups (broad SMARTS) is 1. The van der Waals surface area contributed by atoms with Gasteiger partial charge in [-0.2, -0.15) is 0 Å². The van der Waals surface area contributed by atoms with Crippen molar-refractivity contribution in [1.82, 2.24) is 4.57 Å². The predicted octanol–water partition coefficient (Wildman–Crippen LogP) is 1.86. The van der Waals surface area contributed by atoms with Gasteiger partial charge in [-0.05, 0) is 31.0 Å². The van der Waals surface area contributed by atoms with Crippen LogP contribution < -0.4 is 10.9 Å². The number of hydrogen-bond donors (Lipinski definition) is 2. The Morgan fingerprint density at radius 1 is 1.21 bits per heavy atom. The SMILES string of the molecule is Cc1ccc(Cn2cccc(NC(=O)[C@@H]3C[C@H]3C(=O)O)c2=O)cc1. The lowest BCUT2D eigenvalue weighted by Crippen LogP contribution is -2.27. The van der Waals surface area contributed by atoms with Crippen molar-refractivity contribution in [3.05, 3.63) is 64.1 Å². The Balaban J connectivity index is 1.74. The number of benzene rings is 1. The molecule has 0 radical (unpaired) electrons. The number of aliphatic carboxylic acids is 1. The number of aryl methyl sites for hydroxylation is 1. The van der Waals surface area contributed by atoms with Crippen LogP contribution >= 0.6 is 0 Å². The van der Waals surface area contributed by atoms with Crippen molar-refractivity contribution < 1.29 is 14.7 Å². The highest BCUT2D eigenvalue weighted by Crippen LogP contribution is 2.39. The van der Waals surface area contributed by atoms with Crippen LogP contribution in [0.3, 0.4) is 0 Å². The van der Waals surface area contributed by atoms with Crippen molar-refractivity contribution in [1.29, 1.82) is 0 Å². The second-order valence-corrected chi connectivity index (χ2v) is 6.12. The summed E-state index contributed by atoms with van der Waals surface area (Å²) in [4.78, 5) is 35.3. The smallest absolute Gasteiger partial charge is 0.307 e. The van der Waals surface area contributed by atoms with Crippen LogP contribution in [0.4, 0.5) is 5.69 Å². The monoisotopic (exact) mass is 326 g/mol. The number of anilines is 1. The molecule has 0 unspecified atom stereocenters. The fraction of sp³-hybridized carbons (Fsp3) is 0.278. The van der Waals surface area contributed by atoms with Gasteiger partial charge >= 0.3 is 5.97 Å². The number of carbonyl (C=O) groups is 2. The molecule has 1 aliphatic carbocycles. The zero-order valence-corrected chi connectivity index (χ0v) is 13.2. The third kappa shape index (κ3) is 3.37. The van der Waals surface area contributed by atoms with Crippen LogP contribution in [0.1, 0.15) is 17.5 Å². The molecule has 6 heteroatoms. The standard InChI is InChI=1S/C18H18N2O4/c1-11-4-6-12(7-5-11)10-20-8-2-3-15(17(20)22)19-16(21)13-9-14(13)18(23)24/h2-8,13-14H,9-10H2,1H3,(H,19,21)(H,23,24)/t13-,14-/m1/s1. The first-order chi connectivity index (χ1) is 11.5. The maximum atomic E-state index is 12.5. The summed E-state index contributed by atoms with van der Waals surface area (Å²) in [6.45, 7) is 2.40. The van der Waals surface area contributed by atoms with Crippen LogP contribution in [0.25, 0.3) is 0 Å². The van der Waals surface area contributed by atoms with Crippen molar-refractivity contribution >= 4 is 17.6 Å². The van der Waals surface area contributed by atoms with Gasteiger partial charge < -0.3 is 15.0 Å². The lowest BCUT2D eigenvalue weighted by atomic mass is 10.1. The van der Waals surface area contributed by atoms with Gasteiger partial charge in [0, 0.05) is 6.20 Å². The van der Waals surface area contributed by atoms with Crippen molar-refractivity contribution in [3.8, 4) is 0 Å². The van der Waals surface area contributed by atoms with E-state index in [1.54, 1.807) is 12.3 Å². The summed E-state index contributed by atoms with van der Waals surface area (Å²) in [5.74, 6) is -2.57. The van der Waals surface area contributed by atoms with Crippen LogP contribution in [-0.4, -0.2) is 21.6 Å². The zero-order valence-electron chi connectivity index (χ0n) is 13.2. The molecule has 1 aromatic carbocycles. The van der Waals surface area contributed by atoms with Crippen LogP contribution in [0.15, 0.2) is 47.4 Å². The number of carboxylic acids is 1. The molecule has 0 saturated heterocycles. The Morgan fingerprint density at radius 2 is 1.92 bits per heavy atom. The van der Waals surface area contributed by atoms with Gasteiger partial charge in [0.25, 0.3) is 5.56 Å². The van der Waals surface area contributed by atoms with E-state index in [0.29, 0.717) is 13.0 Å². The van der Waals surface area contributed by atoms with E-state index in [2.05, 4.69) is 5.32 Å². The molecule has 0 bridgehead atoms. The Labute approximate surface area is 138 Å². The fourth-order valence-corrected chi connectivity index (χ4v) is 2.63. The van der Waals surface area contributed by atoms with Gasteiger partial charge in [-0.25, -0.2) is 0 Å². The number of carbonyl (C=O) groups excluding carboxylic acids is 1. The molecule has 2 N–H and O–H groups in total. The van der Waals surface area contributed by atoms with Gasteiger partial charge in [0.05, 0.1) is 18.4 Å². The zero-order chi connectivity index (χ0) is 17.3. The second-order valence-electron chi connectivity index (χ2n) is 6.12. The maximum absolute atomic E-state index is 12.5. The van der Waals surface area contributed by atoms with E-state index in [1.165, 1.54) is 10.6 Å². The summed E-state index contributed by atoms with van der Waals surface area (Å²) < 4.78 is 1.52. The average Bonchev–Trinajstić information content (AvgIpc) is 3.34. The van der Waals surface area contributed by atoms with Crippen molar-refractivity contribution in [2.75, 3.05) is 5.32 Å². The molecule has 1 amide bonds. The van der Waals surface area contributed by atoms with E-state index < -0.39 is 23.7 Å². The highest BCUT2D eigenvalue weighted by atomic mass is 16.4. The minimum atomic E-state index is -0.972. The first-order valence-corrected chi connectivity index (χ1v) is 7.74. The summed E-state index contributed by atoms with van der Waals surface area (Å²) in [5, 5.41) is 11.4. The average molecular weight is 326 g/mol. The first kappa shape index (κ1) is 16.0. The molecule has 1 saturated carbocycles. The molecule has 2 aromatic rings. The van der Waals surface area contributed by atoms with Gasteiger partial charge in [0.15, 0.2) is 0 Å². The number of pyridine rings is 1. The van der Waals surface area contributed by atoms with Crippen LogP contribution in [0.2, 0.25) is 0 Å². The normalized spacial score (nSPS) is 18.9. The number of nitrogens with one attached hydrogen (secondary N) is 1. The van der Waals surface area contributed by atoms with Crippen LogP contribution in [0.5, 0.6) is 0 Å². The highest BCUT2D eigenvalue weighted by molar-refractivity contribution is 5.98. The maximum Gasteiger partial charge on any atom is 0.307 e. The van der Waals surface area contributed by atoms with E-state index in [0.717, 1.165) is 11.1 Å². The molecular formula is C18H18N2O4. The third-order valence-electron chi connectivity index (χ3n) is 4.20. The summed E-state index contributed by atoms with van der Waals surface area (Å²) in [7, 11) is 0. The van der Waals surface area contributed by atoms with Gasteiger partial charge in [0.1, 0.15) is 5.69 Å². The fourth-order valence-electron chi connectivity index (χ4n) is 2.63. The molecule has 1 fully saturated rings. The molecule has 0 spiro atoms. The summed E-state index contributed by atoms with van der Waals surface area (Å²) >= 11 is 0.